The summed E-state index contributed by atoms with van der Waals surface area (Å²) in [4.78, 5) is 17.0. The summed E-state index contributed by atoms with van der Waals surface area (Å²) >= 11 is 1.91. The lowest BCUT2D eigenvalue weighted by Gasteiger charge is -2.30. The quantitative estimate of drug-likeness (QED) is 0.819. The fraction of sp³-hybridized carbons (Fsp3) is 0.643. The molecule has 1 saturated heterocycles. The van der Waals surface area contributed by atoms with Gasteiger partial charge >= 0.3 is 0 Å². The van der Waals surface area contributed by atoms with Crippen molar-refractivity contribution in [3.63, 3.8) is 0 Å². The Labute approximate surface area is 108 Å². The minimum atomic E-state index is 0.273. The third-order valence-corrected chi connectivity index (χ3v) is 4.76. The predicted octanol–water partition coefficient (Wildman–Crippen LogP) is 3.11. The number of likely N-dealkylation sites (tertiary alicyclic amines) is 1. The normalized spacial score (nSPS) is 22.0. The molecule has 1 aliphatic rings. The van der Waals surface area contributed by atoms with Crippen LogP contribution in [0.2, 0.25) is 0 Å². The van der Waals surface area contributed by atoms with Crippen molar-refractivity contribution in [3.05, 3.63) is 21.9 Å². The summed E-state index contributed by atoms with van der Waals surface area (Å²) in [7, 11) is 0. The first kappa shape index (κ1) is 12.8. The number of hydrogen-bond donors (Lipinski definition) is 0. The number of thiophene rings is 1. The van der Waals surface area contributed by atoms with Gasteiger partial charge in [0.15, 0.2) is 0 Å². The largest absolute Gasteiger partial charge is 0.299 e. The summed E-state index contributed by atoms with van der Waals surface area (Å²) in [6.45, 7) is 7.23. The van der Waals surface area contributed by atoms with Crippen LogP contribution in [0.15, 0.2) is 12.1 Å². The van der Waals surface area contributed by atoms with Gasteiger partial charge in [0.1, 0.15) is 5.78 Å². The first-order chi connectivity index (χ1) is 8.22. The molecular formula is C14H21NOS. The molecular weight excluding hydrogens is 230 g/mol. The molecule has 0 N–H and O–H groups in total. The van der Waals surface area contributed by atoms with Gasteiger partial charge in [-0.25, -0.2) is 0 Å². The second-order valence-corrected chi connectivity index (χ2v) is 6.03. The first-order valence-corrected chi connectivity index (χ1v) is 7.37. The SMILES string of the molecule is CCc1ccc(CN2CCC(=O)C(CC)C2)s1. The van der Waals surface area contributed by atoms with E-state index in [-0.39, 0.29) is 5.92 Å². The van der Waals surface area contributed by atoms with Crippen LogP contribution in [0.4, 0.5) is 0 Å². The fourth-order valence-electron chi connectivity index (χ4n) is 2.40. The number of ketones is 1. The van der Waals surface area contributed by atoms with Gasteiger partial charge in [-0.3, -0.25) is 9.69 Å². The fourth-order valence-corrected chi connectivity index (χ4v) is 3.40. The molecule has 1 unspecified atom stereocenters. The maximum absolute atomic E-state index is 11.6. The number of carbonyl (C=O) groups excluding carboxylic acids is 1. The summed E-state index contributed by atoms with van der Waals surface area (Å²) in [6.07, 6.45) is 2.85. The van der Waals surface area contributed by atoms with Crippen LogP contribution in [-0.4, -0.2) is 23.8 Å². The Kier molecular flexibility index (Phi) is 4.35. The molecule has 17 heavy (non-hydrogen) atoms. The summed E-state index contributed by atoms with van der Waals surface area (Å²) in [5.41, 5.74) is 0. The zero-order chi connectivity index (χ0) is 12.3. The molecule has 0 aliphatic carbocycles. The van der Waals surface area contributed by atoms with Crippen LogP contribution in [0, 0.1) is 5.92 Å². The molecule has 0 aromatic carbocycles. The Morgan fingerprint density at radius 2 is 2.12 bits per heavy atom. The second-order valence-electron chi connectivity index (χ2n) is 4.78. The van der Waals surface area contributed by atoms with Crippen LogP contribution in [-0.2, 0) is 17.8 Å². The molecule has 1 atom stereocenters. The van der Waals surface area contributed by atoms with Crippen LogP contribution in [0.1, 0.15) is 36.4 Å². The lowest BCUT2D eigenvalue weighted by atomic mass is 9.94. The summed E-state index contributed by atoms with van der Waals surface area (Å²) in [6, 6.07) is 4.47. The molecule has 0 saturated carbocycles. The molecule has 1 aromatic rings. The van der Waals surface area contributed by atoms with Crippen LogP contribution in [0.3, 0.4) is 0 Å². The van der Waals surface area contributed by atoms with Crippen LogP contribution >= 0.6 is 11.3 Å². The number of rotatable bonds is 4. The summed E-state index contributed by atoms with van der Waals surface area (Å²) < 4.78 is 0. The molecule has 0 bridgehead atoms. The van der Waals surface area contributed by atoms with Gasteiger partial charge in [0.05, 0.1) is 0 Å². The summed E-state index contributed by atoms with van der Waals surface area (Å²) in [5.74, 6) is 0.735. The zero-order valence-electron chi connectivity index (χ0n) is 10.7. The Hall–Kier alpha value is -0.670. The number of Topliss-reactive ketones (excluding diaryl/α,β-unsaturated/α-hetero) is 1. The highest BCUT2D eigenvalue weighted by Crippen LogP contribution is 2.22. The van der Waals surface area contributed by atoms with Crippen molar-refractivity contribution in [2.24, 2.45) is 5.92 Å². The lowest BCUT2D eigenvalue weighted by molar-refractivity contribution is -0.126. The molecule has 2 nitrogen and oxygen atoms in total. The van der Waals surface area contributed by atoms with Gasteiger partial charge in [0.25, 0.3) is 0 Å². The average molecular weight is 251 g/mol. The topological polar surface area (TPSA) is 20.3 Å². The smallest absolute Gasteiger partial charge is 0.138 e. The molecule has 0 radical (unpaired) electrons. The maximum Gasteiger partial charge on any atom is 0.138 e. The number of hydrogen-bond acceptors (Lipinski definition) is 3. The van der Waals surface area contributed by atoms with Crippen molar-refractivity contribution in [3.8, 4) is 0 Å². The van der Waals surface area contributed by atoms with Crippen molar-refractivity contribution in [2.45, 2.75) is 39.7 Å². The minimum Gasteiger partial charge on any atom is -0.299 e. The minimum absolute atomic E-state index is 0.273. The molecule has 94 valence electrons. The molecule has 1 aliphatic heterocycles. The highest BCUT2D eigenvalue weighted by molar-refractivity contribution is 7.11. The van der Waals surface area contributed by atoms with E-state index in [2.05, 4.69) is 30.9 Å². The third-order valence-electron chi connectivity index (χ3n) is 3.55. The van der Waals surface area contributed by atoms with E-state index in [0.717, 1.165) is 38.9 Å². The highest BCUT2D eigenvalue weighted by Gasteiger charge is 2.25. The molecule has 2 rings (SSSR count). The zero-order valence-corrected chi connectivity index (χ0v) is 11.6. The Balaban J connectivity index is 1.93. The van der Waals surface area contributed by atoms with Gasteiger partial charge in [-0.05, 0) is 25.0 Å². The highest BCUT2D eigenvalue weighted by atomic mass is 32.1. The predicted molar refractivity (Wildman–Crippen MR) is 72.4 cm³/mol. The van der Waals surface area contributed by atoms with Crippen molar-refractivity contribution in [2.75, 3.05) is 13.1 Å². The van der Waals surface area contributed by atoms with Crippen LogP contribution in [0.5, 0.6) is 0 Å². The monoisotopic (exact) mass is 251 g/mol. The van der Waals surface area contributed by atoms with E-state index in [4.69, 9.17) is 0 Å². The molecule has 1 aromatic heterocycles. The molecule has 2 heterocycles. The first-order valence-electron chi connectivity index (χ1n) is 6.55. The van der Waals surface area contributed by atoms with Gasteiger partial charge in [0.2, 0.25) is 0 Å². The Morgan fingerprint density at radius 3 is 2.76 bits per heavy atom. The van der Waals surface area contributed by atoms with E-state index in [1.54, 1.807) is 0 Å². The van der Waals surface area contributed by atoms with E-state index in [1.807, 2.05) is 11.3 Å². The number of aryl methyl sites for hydroxylation is 1. The van der Waals surface area contributed by atoms with E-state index >= 15 is 0 Å². The number of nitrogens with zero attached hydrogens (tertiary/aromatic N) is 1. The standard InChI is InChI=1S/C14H21NOS/c1-3-11-9-15(8-7-14(11)16)10-13-6-5-12(4-2)17-13/h5-6,11H,3-4,7-10H2,1-2H3. The maximum atomic E-state index is 11.6. The van der Waals surface area contributed by atoms with Crippen molar-refractivity contribution in [1.29, 1.82) is 0 Å². The van der Waals surface area contributed by atoms with Gasteiger partial charge in [0, 0.05) is 41.7 Å². The molecule has 0 spiro atoms. The lowest BCUT2D eigenvalue weighted by Crippen LogP contribution is -2.39. The van der Waals surface area contributed by atoms with Gasteiger partial charge in [-0.1, -0.05) is 13.8 Å². The van der Waals surface area contributed by atoms with Gasteiger partial charge < -0.3 is 0 Å². The third kappa shape index (κ3) is 3.17. The molecule has 0 amide bonds. The Bertz CT molecular complexity index is 385. The van der Waals surface area contributed by atoms with E-state index in [1.165, 1.54) is 9.75 Å². The van der Waals surface area contributed by atoms with Crippen LogP contribution < -0.4 is 0 Å². The van der Waals surface area contributed by atoms with Crippen molar-refractivity contribution >= 4 is 17.1 Å². The van der Waals surface area contributed by atoms with E-state index in [0.29, 0.717) is 5.78 Å². The Morgan fingerprint density at radius 1 is 1.35 bits per heavy atom. The van der Waals surface area contributed by atoms with Gasteiger partial charge in [-0.15, -0.1) is 11.3 Å². The molecule has 3 heteroatoms. The second kappa shape index (κ2) is 5.78. The van der Waals surface area contributed by atoms with Crippen LogP contribution in [0.25, 0.3) is 0 Å². The average Bonchev–Trinajstić information content (AvgIpc) is 2.79. The summed E-state index contributed by atoms with van der Waals surface area (Å²) in [5, 5.41) is 0. The van der Waals surface area contributed by atoms with E-state index in [9.17, 15) is 4.79 Å². The van der Waals surface area contributed by atoms with Gasteiger partial charge in [-0.2, -0.15) is 0 Å². The van der Waals surface area contributed by atoms with E-state index < -0.39 is 0 Å². The van der Waals surface area contributed by atoms with Crippen molar-refractivity contribution < 1.29 is 4.79 Å². The molecule has 1 fully saturated rings. The number of carbonyl (C=O) groups is 1. The van der Waals surface area contributed by atoms with Crippen molar-refractivity contribution in [1.82, 2.24) is 4.90 Å². The number of piperidine rings is 1.